The second-order valence-corrected chi connectivity index (χ2v) is 5.69. The summed E-state index contributed by atoms with van der Waals surface area (Å²) in [6.45, 7) is 1.82. The molecule has 2 aromatic rings. The Kier molecular flexibility index (Phi) is 4.91. The van der Waals surface area contributed by atoms with Gasteiger partial charge in [-0.05, 0) is 40.5 Å². The topological polar surface area (TPSA) is 35.5 Å². The van der Waals surface area contributed by atoms with Gasteiger partial charge in [0.05, 0.1) is 19.8 Å². The lowest BCUT2D eigenvalue weighted by molar-refractivity contribution is 0.103. The molecule has 0 heterocycles. The van der Waals surface area contributed by atoms with E-state index in [1.165, 1.54) is 7.11 Å². The van der Waals surface area contributed by atoms with Crippen LogP contribution in [0.15, 0.2) is 34.8 Å². The van der Waals surface area contributed by atoms with Crippen molar-refractivity contribution in [1.82, 2.24) is 0 Å². The molecule has 2 rings (SSSR count). The van der Waals surface area contributed by atoms with E-state index >= 15 is 0 Å². The lowest BCUT2D eigenvalue weighted by Crippen LogP contribution is -2.07. The van der Waals surface area contributed by atoms with Gasteiger partial charge in [0.1, 0.15) is 11.5 Å². The molecule has 0 unspecified atom stereocenters. The summed E-state index contributed by atoms with van der Waals surface area (Å²) >= 11 is 9.50. The molecule has 0 bridgehead atoms. The van der Waals surface area contributed by atoms with E-state index in [2.05, 4.69) is 15.9 Å². The number of benzene rings is 2. The van der Waals surface area contributed by atoms with Crippen LogP contribution in [0.4, 0.5) is 0 Å². The van der Waals surface area contributed by atoms with E-state index in [0.717, 1.165) is 5.56 Å². The maximum atomic E-state index is 12.8. The summed E-state index contributed by atoms with van der Waals surface area (Å²) in [5.41, 5.74) is 1.74. The molecular weight excluding hydrogens is 356 g/mol. The first-order chi connectivity index (χ1) is 9.99. The van der Waals surface area contributed by atoms with Crippen molar-refractivity contribution < 1.29 is 14.3 Å². The molecule has 0 N–H and O–H groups in total. The van der Waals surface area contributed by atoms with Gasteiger partial charge in [0.2, 0.25) is 0 Å². The smallest absolute Gasteiger partial charge is 0.198 e. The molecule has 2 aromatic carbocycles. The highest BCUT2D eigenvalue weighted by Gasteiger charge is 2.21. The number of rotatable bonds is 4. The zero-order valence-electron chi connectivity index (χ0n) is 11.9. The highest BCUT2D eigenvalue weighted by Crippen LogP contribution is 2.35. The highest BCUT2D eigenvalue weighted by molar-refractivity contribution is 9.10. The summed E-state index contributed by atoms with van der Waals surface area (Å²) < 4.78 is 11.1. The monoisotopic (exact) mass is 368 g/mol. The van der Waals surface area contributed by atoms with Gasteiger partial charge >= 0.3 is 0 Å². The lowest BCUT2D eigenvalue weighted by atomic mass is 9.98. The molecule has 3 nitrogen and oxygen atoms in total. The van der Waals surface area contributed by atoms with Crippen molar-refractivity contribution in [2.75, 3.05) is 14.2 Å². The van der Waals surface area contributed by atoms with Crippen LogP contribution in [0.5, 0.6) is 11.5 Å². The second-order valence-electron chi connectivity index (χ2n) is 4.43. The summed E-state index contributed by atoms with van der Waals surface area (Å²) in [7, 11) is 3.08. The summed E-state index contributed by atoms with van der Waals surface area (Å²) in [5, 5.41) is 0.560. The van der Waals surface area contributed by atoms with Crippen molar-refractivity contribution in [1.29, 1.82) is 0 Å². The number of halogens is 2. The number of hydrogen-bond donors (Lipinski definition) is 0. The van der Waals surface area contributed by atoms with Gasteiger partial charge in [0.25, 0.3) is 0 Å². The molecule has 0 aliphatic carbocycles. The van der Waals surface area contributed by atoms with Crippen LogP contribution in [0.1, 0.15) is 21.5 Å². The Morgan fingerprint density at radius 3 is 2.52 bits per heavy atom. The van der Waals surface area contributed by atoms with E-state index in [0.29, 0.717) is 32.1 Å². The van der Waals surface area contributed by atoms with Crippen LogP contribution in [-0.2, 0) is 0 Å². The van der Waals surface area contributed by atoms with Gasteiger partial charge < -0.3 is 9.47 Å². The third kappa shape index (κ3) is 3.06. The van der Waals surface area contributed by atoms with E-state index in [9.17, 15) is 4.79 Å². The lowest BCUT2D eigenvalue weighted by Gasteiger charge is -2.13. The van der Waals surface area contributed by atoms with E-state index in [1.807, 2.05) is 6.92 Å². The number of carbonyl (C=O) groups is 1. The molecule has 0 atom stereocenters. The van der Waals surface area contributed by atoms with E-state index in [-0.39, 0.29) is 5.78 Å². The first kappa shape index (κ1) is 15.9. The van der Waals surface area contributed by atoms with Crippen LogP contribution >= 0.6 is 27.5 Å². The number of carbonyl (C=O) groups excluding carboxylic acids is 1. The SMILES string of the molecule is COc1cc(Br)c(C(=O)c2cccc(Cl)c2C)c(OC)c1. The van der Waals surface area contributed by atoms with Crippen molar-refractivity contribution >= 4 is 33.3 Å². The summed E-state index contributed by atoms with van der Waals surface area (Å²) in [4.78, 5) is 12.8. The van der Waals surface area contributed by atoms with Crippen molar-refractivity contribution in [2.45, 2.75) is 6.92 Å². The molecule has 0 saturated carbocycles. The molecule has 5 heteroatoms. The van der Waals surface area contributed by atoms with Gasteiger partial charge in [-0.2, -0.15) is 0 Å². The van der Waals surface area contributed by atoms with Gasteiger partial charge in [-0.3, -0.25) is 4.79 Å². The Labute approximate surface area is 137 Å². The molecular formula is C16H14BrClO3. The van der Waals surface area contributed by atoms with Crippen LogP contribution in [0.2, 0.25) is 5.02 Å². The predicted molar refractivity (Wildman–Crippen MR) is 86.9 cm³/mol. The average Bonchev–Trinajstić information content (AvgIpc) is 2.48. The maximum Gasteiger partial charge on any atom is 0.198 e. The summed E-state index contributed by atoms with van der Waals surface area (Å²) in [5.74, 6) is 0.907. The molecule has 0 spiro atoms. The minimum atomic E-state index is -0.152. The molecule has 21 heavy (non-hydrogen) atoms. The standard InChI is InChI=1S/C16H14BrClO3/c1-9-11(5-4-6-13(9)18)16(19)15-12(17)7-10(20-2)8-14(15)21-3/h4-8H,1-3H3. The van der Waals surface area contributed by atoms with Gasteiger partial charge in [0, 0.05) is 21.1 Å². The number of methoxy groups -OCH3 is 2. The molecule has 0 aliphatic rings. The Morgan fingerprint density at radius 1 is 1.19 bits per heavy atom. The molecule has 0 aromatic heterocycles. The quantitative estimate of drug-likeness (QED) is 0.735. The Balaban J connectivity index is 2.60. The third-order valence-electron chi connectivity index (χ3n) is 3.22. The van der Waals surface area contributed by atoms with E-state index in [4.69, 9.17) is 21.1 Å². The van der Waals surface area contributed by atoms with Crippen molar-refractivity contribution in [2.24, 2.45) is 0 Å². The van der Waals surface area contributed by atoms with Crippen LogP contribution < -0.4 is 9.47 Å². The van der Waals surface area contributed by atoms with E-state index < -0.39 is 0 Å². The van der Waals surface area contributed by atoms with Crippen molar-refractivity contribution in [3.8, 4) is 11.5 Å². The van der Waals surface area contributed by atoms with Gasteiger partial charge in [-0.15, -0.1) is 0 Å². The third-order valence-corrected chi connectivity index (χ3v) is 4.26. The van der Waals surface area contributed by atoms with Gasteiger partial charge in [-0.25, -0.2) is 0 Å². The zero-order valence-corrected chi connectivity index (χ0v) is 14.2. The van der Waals surface area contributed by atoms with Crippen LogP contribution in [-0.4, -0.2) is 20.0 Å². The number of ether oxygens (including phenoxy) is 2. The molecule has 0 saturated heterocycles. The Hall–Kier alpha value is -1.52. The first-order valence-electron chi connectivity index (χ1n) is 6.21. The highest BCUT2D eigenvalue weighted by atomic mass is 79.9. The molecule has 0 radical (unpaired) electrons. The fraction of sp³-hybridized carbons (Fsp3) is 0.188. The minimum absolute atomic E-state index is 0.152. The zero-order chi connectivity index (χ0) is 15.6. The van der Waals surface area contributed by atoms with Crippen molar-refractivity contribution in [3.63, 3.8) is 0 Å². The largest absolute Gasteiger partial charge is 0.497 e. The van der Waals surface area contributed by atoms with E-state index in [1.54, 1.807) is 37.4 Å². The van der Waals surface area contributed by atoms with Crippen LogP contribution in [0.3, 0.4) is 0 Å². The average molecular weight is 370 g/mol. The first-order valence-corrected chi connectivity index (χ1v) is 7.38. The molecule has 110 valence electrons. The second kappa shape index (κ2) is 6.50. The van der Waals surface area contributed by atoms with Crippen LogP contribution in [0, 0.1) is 6.92 Å². The summed E-state index contributed by atoms with van der Waals surface area (Å²) in [6.07, 6.45) is 0. The normalized spacial score (nSPS) is 10.3. The fourth-order valence-electron chi connectivity index (χ4n) is 2.05. The number of hydrogen-bond acceptors (Lipinski definition) is 3. The molecule has 0 aliphatic heterocycles. The van der Waals surface area contributed by atoms with Crippen LogP contribution in [0.25, 0.3) is 0 Å². The Bertz CT molecular complexity index is 698. The minimum Gasteiger partial charge on any atom is -0.497 e. The predicted octanol–water partition coefficient (Wildman–Crippen LogP) is 4.66. The summed E-state index contributed by atoms with van der Waals surface area (Å²) in [6, 6.07) is 8.67. The molecule has 0 fully saturated rings. The Morgan fingerprint density at radius 2 is 1.90 bits per heavy atom. The van der Waals surface area contributed by atoms with Crippen molar-refractivity contribution in [3.05, 3.63) is 56.5 Å². The molecule has 0 amide bonds. The van der Waals surface area contributed by atoms with Gasteiger partial charge in [-0.1, -0.05) is 23.7 Å². The maximum absolute atomic E-state index is 12.8. The number of ketones is 1. The van der Waals surface area contributed by atoms with Gasteiger partial charge in [0.15, 0.2) is 5.78 Å². The fourth-order valence-corrected chi connectivity index (χ4v) is 2.82.